The first-order valence-corrected chi connectivity index (χ1v) is 9.86. The molecule has 1 aromatic heterocycles. The maximum absolute atomic E-state index is 12.4. The van der Waals surface area contributed by atoms with Gasteiger partial charge >= 0.3 is 0 Å². The van der Waals surface area contributed by atoms with Crippen LogP contribution in [0.1, 0.15) is 12.5 Å². The van der Waals surface area contributed by atoms with Crippen LogP contribution in [0.15, 0.2) is 48.7 Å². The molecule has 0 aliphatic carbocycles. The Morgan fingerprint density at radius 2 is 1.97 bits per heavy atom. The van der Waals surface area contributed by atoms with Gasteiger partial charge in [0.1, 0.15) is 6.54 Å². The molecular formula is C21H18Cl2N4O2. The van der Waals surface area contributed by atoms with Gasteiger partial charge in [-0.1, -0.05) is 23.2 Å². The van der Waals surface area contributed by atoms with Gasteiger partial charge in [-0.15, -0.1) is 0 Å². The zero-order valence-electron chi connectivity index (χ0n) is 15.7. The van der Waals surface area contributed by atoms with Gasteiger partial charge in [0, 0.05) is 41.6 Å². The number of carbonyl (C=O) groups is 2. The molecule has 1 N–H and O–H groups in total. The van der Waals surface area contributed by atoms with Crippen LogP contribution in [0.2, 0.25) is 10.0 Å². The fraction of sp³-hybridized carbons (Fsp3) is 0.190. The summed E-state index contributed by atoms with van der Waals surface area (Å²) < 4.78 is 1.55. The van der Waals surface area contributed by atoms with Crippen LogP contribution in [0.25, 0.3) is 11.3 Å². The molecule has 2 amide bonds. The van der Waals surface area contributed by atoms with Crippen molar-refractivity contribution >= 4 is 46.4 Å². The summed E-state index contributed by atoms with van der Waals surface area (Å²) in [6.07, 6.45) is 2.50. The summed E-state index contributed by atoms with van der Waals surface area (Å²) in [6.45, 7) is 2.29. The van der Waals surface area contributed by atoms with Crippen LogP contribution in [-0.2, 0) is 22.6 Å². The molecule has 0 bridgehead atoms. The number of halogens is 2. The van der Waals surface area contributed by atoms with E-state index in [1.165, 1.54) is 0 Å². The maximum Gasteiger partial charge on any atom is 0.246 e. The number of rotatable bonds is 4. The van der Waals surface area contributed by atoms with Crippen molar-refractivity contribution in [3.05, 3.63) is 64.3 Å². The lowest BCUT2D eigenvalue weighted by molar-refractivity contribution is -0.117. The molecule has 0 atom stereocenters. The van der Waals surface area contributed by atoms with Crippen LogP contribution in [0.3, 0.4) is 0 Å². The number of nitrogens with zero attached hydrogens (tertiary/aromatic N) is 3. The second-order valence-corrected chi connectivity index (χ2v) is 7.68. The van der Waals surface area contributed by atoms with Gasteiger partial charge in [-0.05, 0) is 54.4 Å². The second kappa shape index (κ2) is 7.89. The standard InChI is InChI=1S/C21H18Cl2N4O2/c1-13(28)27-9-6-14-10-16(3-5-20(14)27)24-21(29)12-26-8-7-19(25-26)17-11-15(22)2-4-18(17)23/h2-5,7-8,10-11H,6,9,12H2,1H3,(H,24,29). The van der Waals surface area contributed by atoms with Crippen LogP contribution < -0.4 is 10.2 Å². The summed E-state index contributed by atoms with van der Waals surface area (Å²) in [7, 11) is 0. The summed E-state index contributed by atoms with van der Waals surface area (Å²) in [5.41, 5.74) is 4.02. The monoisotopic (exact) mass is 428 g/mol. The van der Waals surface area contributed by atoms with Crippen molar-refractivity contribution in [1.29, 1.82) is 0 Å². The van der Waals surface area contributed by atoms with Crippen LogP contribution in [0.4, 0.5) is 11.4 Å². The SMILES string of the molecule is CC(=O)N1CCc2cc(NC(=O)Cn3ccc(-c4cc(Cl)ccc4Cl)n3)ccc21. The molecule has 3 aromatic rings. The Morgan fingerprint density at radius 1 is 1.14 bits per heavy atom. The first-order valence-electron chi connectivity index (χ1n) is 9.10. The van der Waals surface area contributed by atoms with Gasteiger partial charge < -0.3 is 10.2 Å². The van der Waals surface area contributed by atoms with Crippen LogP contribution in [0, 0.1) is 0 Å². The molecule has 0 unspecified atom stereocenters. The molecule has 8 heteroatoms. The van der Waals surface area contributed by atoms with E-state index in [4.69, 9.17) is 23.2 Å². The molecular weight excluding hydrogens is 411 g/mol. The lowest BCUT2D eigenvalue weighted by Gasteiger charge is -2.15. The second-order valence-electron chi connectivity index (χ2n) is 6.84. The first-order chi connectivity index (χ1) is 13.9. The van der Waals surface area contributed by atoms with E-state index in [1.807, 2.05) is 12.1 Å². The van der Waals surface area contributed by atoms with Gasteiger partial charge in [0.05, 0.1) is 10.7 Å². The summed E-state index contributed by atoms with van der Waals surface area (Å²) in [4.78, 5) is 25.8. The largest absolute Gasteiger partial charge is 0.324 e. The molecule has 2 heterocycles. The van der Waals surface area contributed by atoms with Crippen molar-refractivity contribution in [2.24, 2.45) is 0 Å². The van der Waals surface area contributed by atoms with Crippen molar-refractivity contribution in [2.75, 3.05) is 16.8 Å². The fourth-order valence-corrected chi connectivity index (χ4v) is 3.83. The average Bonchev–Trinajstić information content (AvgIpc) is 3.30. The summed E-state index contributed by atoms with van der Waals surface area (Å²) in [6, 6.07) is 12.5. The minimum atomic E-state index is -0.196. The van der Waals surface area contributed by atoms with E-state index in [2.05, 4.69) is 10.4 Å². The smallest absolute Gasteiger partial charge is 0.246 e. The Balaban J connectivity index is 1.44. The molecule has 6 nitrogen and oxygen atoms in total. The third-order valence-corrected chi connectivity index (χ3v) is 5.35. The van der Waals surface area contributed by atoms with E-state index in [0.29, 0.717) is 33.5 Å². The minimum Gasteiger partial charge on any atom is -0.324 e. The summed E-state index contributed by atoms with van der Waals surface area (Å²) in [5.74, 6) is -0.173. The molecule has 1 aliphatic rings. The number of hydrogen-bond donors (Lipinski definition) is 1. The third kappa shape index (κ3) is 4.13. The number of aromatic nitrogens is 2. The highest BCUT2D eigenvalue weighted by atomic mass is 35.5. The molecule has 0 radical (unpaired) electrons. The molecule has 0 fully saturated rings. The molecule has 0 saturated carbocycles. The van der Waals surface area contributed by atoms with E-state index in [9.17, 15) is 9.59 Å². The van der Waals surface area contributed by atoms with E-state index < -0.39 is 0 Å². The van der Waals surface area contributed by atoms with Gasteiger partial charge in [0.25, 0.3) is 0 Å². The number of hydrogen-bond acceptors (Lipinski definition) is 3. The van der Waals surface area contributed by atoms with Gasteiger partial charge in [0.15, 0.2) is 0 Å². The predicted octanol–water partition coefficient (Wildman–Crippen LogP) is 4.40. The van der Waals surface area contributed by atoms with Gasteiger partial charge in [0.2, 0.25) is 11.8 Å². The third-order valence-electron chi connectivity index (χ3n) is 4.79. The fourth-order valence-electron chi connectivity index (χ4n) is 3.44. The number of nitrogens with one attached hydrogen (secondary N) is 1. The van der Waals surface area contributed by atoms with Gasteiger partial charge in [-0.3, -0.25) is 14.3 Å². The molecule has 4 rings (SSSR count). The molecule has 0 saturated heterocycles. The number of carbonyl (C=O) groups excluding carboxylic acids is 2. The number of benzene rings is 2. The minimum absolute atomic E-state index is 0.0230. The Bertz CT molecular complexity index is 1110. The van der Waals surface area contributed by atoms with Crippen molar-refractivity contribution in [2.45, 2.75) is 19.9 Å². The first kappa shape index (κ1) is 19.5. The van der Waals surface area contributed by atoms with E-state index >= 15 is 0 Å². The van der Waals surface area contributed by atoms with E-state index in [-0.39, 0.29) is 18.4 Å². The van der Waals surface area contributed by atoms with Gasteiger partial charge in [-0.25, -0.2) is 0 Å². The maximum atomic E-state index is 12.4. The molecule has 0 spiro atoms. The Morgan fingerprint density at radius 3 is 2.76 bits per heavy atom. The van der Waals surface area contributed by atoms with E-state index in [0.717, 1.165) is 17.7 Å². The van der Waals surface area contributed by atoms with E-state index in [1.54, 1.807) is 53.0 Å². The normalized spacial score (nSPS) is 12.7. The topological polar surface area (TPSA) is 67.2 Å². The Hall–Kier alpha value is -2.83. The molecule has 148 valence electrons. The zero-order valence-corrected chi connectivity index (χ0v) is 17.2. The molecule has 29 heavy (non-hydrogen) atoms. The number of amides is 2. The van der Waals surface area contributed by atoms with Crippen molar-refractivity contribution in [3.8, 4) is 11.3 Å². The summed E-state index contributed by atoms with van der Waals surface area (Å²) in [5, 5.41) is 8.41. The highest BCUT2D eigenvalue weighted by Crippen LogP contribution is 2.31. The Kier molecular flexibility index (Phi) is 5.30. The zero-order chi connectivity index (χ0) is 20.5. The van der Waals surface area contributed by atoms with Crippen molar-refractivity contribution < 1.29 is 9.59 Å². The van der Waals surface area contributed by atoms with Crippen molar-refractivity contribution in [1.82, 2.24) is 9.78 Å². The lowest BCUT2D eigenvalue weighted by atomic mass is 10.1. The van der Waals surface area contributed by atoms with Gasteiger partial charge in [-0.2, -0.15) is 5.10 Å². The number of anilines is 2. The van der Waals surface area contributed by atoms with Crippen LogP contribution in [0.5, 0.6) is 0 Å². The Labute approximate surface area is 178 Å². The van der Waals surface area contributed by atoms with Crippen molar-refractivity contribution in [3.63, 3.8) is 0 Å². The predicted molar refractivity (Wildman–Crippen MR) is 114 cm³/mol. The lowest BCUT2D eigenvalue weighted by Crippen LogP contribution is -2.25. The van der Waals surface area contributed by atoms with Crippen LogP contribution >= 0.6 is 23.2 Å². The highest BCUT2D eigenvalue weighted by molar-refractivity contribution is 6.35. The summed E-state index contributed by atoms with van der Waals surface area (Å²) >= 11 is 12.3. The highest BCUT2D eigenvalue weighted by Gasteiger charge is 2.22. The molecule has 2 aromatic carbocycles. The molecule has 1 aliphatic heterocycles. The quantitative estimate of drug-likeness (QED) is 0.669. The van der Waals surface area contributed by atoms with Crippen LogP contribution in [-0.4, -0.2) is 28.1 Å². The average molecular weight is 429 g/mol. The number of fused-ring (bicyclic) bond motifs is 1.